The molecule has 28 heavy (non-hydrogen) atoms. The molecule has 0 aliphatic heterocycles. The highest BCUT2D eigenvalue weighted by molar-refractivity contribution is 5.87. The average molecular weight is 376 g/mol. The fraction of sp³-hybridized carbons (Fsp3) is 0.190. The topological polar surface area (TPSA) is 82.1 Å². The van der Waals surface area contributed by atoms with E-state index in [9.17, 15) is 9.59 Å². The number of hydrogen-bond acceptors (Lipinski definition) is 3. The molecule has 4 aromatic rings. The Kier molecular flexibility index (Phi) is 4.15. The van der Waals surface area contributed by atoms with Crippen molar-refractivity contribution < 1.29 is 9.90 Å². The number of benzene rings is 2. The maximum absolute atomic E-state index is 12.2. The number of rotatable bonds is 4. The van der Waals surface area contributed by atoms with Crippen molar-refractivity contribution in [2.24, 2.45) is 14.1 Å². The molecule has 0 aliphatic rings. The van der Waals surface area contributed by atoms with E-state index in [1.54, 1.807) is 29.4 Å². The van der Waals surface area contributed by atoms with Crippen LogP contribution in [0.4, 0.5) is 0 Å². The van der Waals surface area contributed by atoms with E-state index >= 15 is 0 Å². The number of aliphatic carboxylic acids is 1. The highest BCUT2D eigenvalue weighted by Crippen LogP contribution is 2.33. The third kappa shape index (κ3) is 2.90. The van der Waals surface area contributed by atoms with Crippen LogP contribution in [-0.4, -0.2) is 30.0 Å². The Bertz CT molecular complexity index is 1280. The van der Waals surface area contributed by atoms with Crippen LogP contribution in [-0.2, 0) is 25.4 Å². The van der Waals surface area contributed by atoms with Gasteiger partial charge in [0.25, 0.3) is 0 Å². The Labute approximate surface area is 161 Å². The van der Waals surface area contributed by atoms with Crippen LogP contribution < -0.4 is 5.69 Å². The van der Waals surface area contributed by atoms with E-state index in [0.29, 0.717) is 5.69 Å². The van der Waals surface area contributed by atoms with Gasteiger partial charge in [0.2, 0.25) is 0 Å². The lowest BCUT2D eigenvalue weighted by molar-refractivity contribution is -0.137. The predicted octanol–water partition coefficient (Wildman–Crippen LogP) is 2.80. The van der Waals surface area contributed by atoms with Gasteiger partial charge in [0.1, 0.15) is 12.2 Å². The molecule has 2 heterocycles. The van der Waals surface area contributed by atoms with Crippen LogP contribution in [0.3, 0.4) is 0 Å². The number of nitrogens with zero attached hydrogens (tertiary/aromatic N) is 4. The van der Waals surface area contributed by atoms with Crippen LogP contribution in [0.1, 0.15) is 5.56 Å². The highest BCUT2D eigenvalue weighted by atomic mass is 16.4. The number of carboxylic acids is 1. The van der Waals surface area contributed by atoms with Gasteiger partial charge in [0.05, 0.1) is 11.0 Å². The van der Waals surface area contributed by atoms with Crippen molar-refractivity contribution in [3.8, 4) is 22.4 Å². The second-order valence-electron chi connectivity index (χ2n) is 6.96. The van der Waals surface area contributed by atoms with Crippen molar-refractivity contribution in [2.75, 3.05) is 0 Å². The van der Waals surface area contributed by atoms with Gasteiger partial charge >= 0.3 is 11.7 Å². The molecule has 0 aliphatic carbocycles. The summed E-state index contributed by atoms with van der Waals surface area (Å²) in [5.41, 5.74) is 5.99. The Balaban J connectivity index is 1.94. The number of aryl methyl sites for hydroxylation is 3. The minimum Gasteiger partial charge on any atom is -0.480 e. The Morgan fingerprint density at radius 1 is 1.04 bits per heavy atom. The maximum atomic E-state index is 12.2. The molecular formula is C21H20N4O3. The highest BCUT2D eigenvalue weighted by Gasteiger charge is 2.16. The quantitative estimate of drug-likeness (QED) is 0.594. The molecule has 2 aromatic heterocycles. The molecule has 0 fully saturated rings. The first-order valence-electron chi connectivity index (χ1n) is 8.87. The summed E-state index contributed by atoms with van der Waals surface area (Å²) >= 11 is 0. The molecule has 0 unspecified atom stereocenters. The fourth-order valence-corrected chi connectivity index (χ4v) is 3.53. The van der Waals surface area contributed by atoms with E-state index in [0.717, 1.165) is 33.3 Å². The van der Waals surface area contributed by atoms with E-state index in [1.807, 2.05) is 49.4 Å². The van der Waals surface area contributed by atoms with E-state index < -0.39 is 5.97 Å². The summed E-state index contributed by atoms with van der Waals surface area (Å²) in [7, 11) is 3.48. The first kappa shape index (κ1) is 17.8. The molecule has 142 valence electrons. The van der Waals surface area contributed by atoms with E-state index in [-0.39, 0.29) is 12.2 Å². The number of carboxylic acid groups (broad SMARTS) is 1. The van der Waals surface area contributed by atoms with Crippen LogP contribution in [0.2, 0.25) is 0 Å². The smallest absolute Gasteiger partial charge is 0.328 e. The summed E-state index contributed by atoms with van der Waals surface area (Å²) in [6.45, 7) is 1.79. The van der Waals surface area contributed by atoms with Crippen LogP contribution in [0.15, 0.2) is 53.5 Å². The average Bonchev–Trinajstić information content (AvgIpc) is 3.17. The van der Waals surface area contributed by atoms with Gasteiger partial charge in [-0.25, -0.2) is 4.79 Å². The van der Waals surface area contributed by atoms with Gasteiger partial charge in [-0.05, 0) is 30.7 Å². The molecule has 7 nitrogen and oxygen atoms in total. The van der Waals surface area contributed by atoms with Crippen molar-refractivity contribution in [2.45, 2.75) is 13.5 Å². The van der Waals surface area contributed by atoms with Crippen LogP contribution in [0, 0.1) is 6.92 Å². The van der Waals surface area contributed by atoms with Gasteiger partial charge in [0.15, 0.2) is 0 Å². The molecular weight excluding hydrogens is 356 g/mol. The molecule has 0 saturated heterocycles. The molecule has 0 spiro atoms. The Hall–Kier alpha value is -3.61. The maximum Gasteiger partial charge on any atom is 0.328 e. The Morgan fingerprint density at radius 3 is 2.50 bits per heavy atom. The van der Waals surface area contributed by atoms with Crippen molar-refractivity contribution in [3.63, 3.8) is 0 Å². The SMILES string of the molecule is Cc1cccc(-c2nn(CC(=O)O)cc2-c2ccc3c(c2)n(C)c(=O)n3C)c1. The van der Waals surface area contributed by atoms with Crippen LogP contribution in [0.5, 0.6) is 0 Å². The lowest BCUT2D eigenvalue weighted by Gasteiger charge is -2.05. The van der Waals surface area contributed by atoms with E-state index in [2.05, 4.69) is 5.10 Å². The second-order valence-corrected chi connectivity index (χ2v) is 6.96. The molecule has 4 rings (SSSR count). The molecule has 1 N–H and O–H groups in total. The number of aromatic nitrogens is 4. The number of imidazole rings is 1. The second kappa shape index (κ2) is 6.53. The summed E-state index contributed by atoms with van der Waals surface area (Å²) < 4.78 is 4.64. The molecule has 0 bridgehead atoms. The molecule has 0 radical (unpaired) electrons. The van der Waals surface area contributed by atoms with Crippen LogP contribution in [0.25, 0.3) is 33.4 Å². The van der Waals surface area contributed by atoms with Gasteiger partial charge in [-0.15, -0.1) is 0 Å². The summed E-state index contributed by atoms with van der Waals surface area (Å²) in [5.74, 6) is -0.953. The van der Waals surface area contributed by atoms with Gasteiger partial charge in [0, 0.05) is 31.4 Å². The first-order chi connectivity index (χ1) is 13.3. The van der Waals surface area contributed by atoms with E-state index in [4.69, 9.17) is 5.11 Å². The minimum absolute atomic E-state index is 0.0902. The third-order valence-electron chi connectivity index (χ3n) is 4.93. The summed E-state index contributed by atoms with van der Waals surface area (Å²) in [5, 5.41) is 13.7. The van der Waals surface area contributed by atoms with E-state index in [1.165, 1.54) is 4.68 Å². The van der Waals surface area contributed by atoms with Crippen molar-refractivity contribution in [3.05, 3.63) is 64.7 Å². The normalized spacial score (nSPS) is 11.2. The van der Waals surface area contributed by atoms with Gasteiger partial charge in [-0.3, -0.25) is 18.6 Å². The number of carbonyl (C=O) groups is 1. The van der Waals surface area contributed by atoms with Gasteiger partial charge in [-0.1, -0.05) is 29.8 Å². The lowest BCUT2D eigenvalue weighted by atomic mass is 10.0. The van der Waals surface area contributed by atoms with Crippen molar-refractivity contribution >= 4 is 17.0 Å². The summed E-state index contributed by atoms with van der Waals surface area (Å²) in [6, 6.07) is 13.7. The standard InChI is InChI=1S/C21H20N4O3/c1-13-5-4-6-15(9-13)20-16(11-25(22-20)12-19(26)27)14-7-8-17-18(10-14)24(3)21(28)23(17)2/h4-11H,12H2,1-3H3,(H,26,27). The Morgan fingerprint density at radius 2 is 1.79 bits per heavy atom. The van der Waals surface area contributed by atoms with Gasteiger partial charge in [-0.2, -0.15) is 5.10 Å². The number of hydrogen-bond donors (Lipinski definition) is 1. The number of fused-ring (bicyclic) bond motifs is 1. The molecule has 0 amide bonds. The summed E-state index contributed by atoms with van der Waals surface area (Å²) in [4.78, 5) is 23.4. The monoisotopic (exact) mass is 376 g/mol. The van der Waals surface area contributed by atoms with Crippen molar-refractivity contribution in [1.82, 2.24) is 18.9 Å². The zero-order valence-electron chi connectivity index (χ0n) is 15.9. The first-order valence-corrected chi connectivity index (χ1v) is 8.87. The van der Waals surface area contributed by atoms with Gasteiger partial charge < -0.3 is 5.11 Å². The zero-order chi connectivity index (χ0) is 20.0. The summed E-state index contributed by atoms with van der Waals surface area (Å²) in [6.07, 6.45) is 1.74. The zero-order valence-corrected chi connectivity index (χ0v) is 15.9. The lowest BCUT2D eigenvalue weighted by Crippen LogP contribution is -2.19. The minimum atomic E-state index is -0.953. The molecule has 7 heteroatoms. The molecule has 0 atom stereocenters. The van der Waals surface area contributed by atoms with Crippen LogP contribution >= 0.6 is 0 Å². The molecule has 2 aromatic carbocycles. The third-order valence-corrected chi connectivity index (χ3v) is 4.93. The largest absolute Gasteiger partial charge is 0.480 e. The molecule has 0 saturated carbocycles. The van der Waals surface area contributed by atoms with Crippen molar-refractivity contribution in [1.29, 1.82) is 0 Å². The predicted molar refractivity (Wildman–Crippen MR) is 107 cm³/mol. The fourth-order valence-electron chi connectivity index (χ4n) is 3.53.